The Labute approximate surface area is 117 Å². The molecule has 1 atom stereocenters. The fourth-order valence-electron chi connectivity index (χ4n) is 2.18. The highest BCUT2D eigenvalue weighted by molar-refractivity contribution is 7.89. The minimum atomic E-state index is -3.75. The Bertz CT molecular complexity index is 629. The molecule has 0 unspecified atom stereocenters. The van der Waals surface area contributed by atoms with E-state index in [2.05, 4.69) is 0 Å². The summed E-state index contributed by atoms with van der Waals surface area (Å²) in [5.41, 5.74) is 0.268. The highest BCUT2D eigenvalue weighted by Crippen LogP contribution is 2.26. The predicted molar refractivity (Wildman–Crippen MR) is 72.0 cm³/mol. The van der Waals surface area contributed by atoms with Crippen molar-refractivity contribution >= 4 is 15.7 Å². The van der Waals surface area contributed by atoms with Gasteiger partial charge in [0.1, 0.15) is 0 Å². The minimum Gasteiger partial charge on any atom is -0.378 e. The Morgan fingerprint density at radius 3 is 2.75 bits per heavy atom. The van der Waals surface area contributed by atoms with Crippen LogP contribution in [0.2, 0.25) is 0 Å². The maximum Gasteiger partial charge on any atom is 0.270 e. The first-order chi connectivity index (χ1) is 9.34. The standard InChI is InChI=1S/C12H16N2O5S/c1-9-3-4-11(14(15)16)7-12(9)20(17,18)13-5-6-19-8-10(13)2/h3-4,7,10H,5-6,8H2,1-2H3/t10-/m1/s1. The van der Waals surface area contributed by atoms with Crippen molar-refractivity contribution in [1.29, 1.82) is 0 Å². The van der Waals surface area contributed by atoms with Crippen molar-refractivity contribution in [3.8, 4) is 0 Å². The molecule has 1 aromatic rings. The van der Waals surface area contributed by atoms with Crippen molar-refractivity contribution in [1.82, 2.24) is 4.31 Å². The second-order valence-corrected chi connectivity index (χ2v) is 6.61. The van der Waals surface area contributed by atoms with E-state index in [0.717, 1.165) is 6.07 Å². The number of rotatable bonds is 3. The number of hydrogen-bond acceptors (Lipinski definition) is 5. The monoisotopic (exact) mass is 300 g/mol. The Hall–Kier alpha value is -1.51. The predicted octanol–water partition coefficient (Wildman–Crippen LogP) is 1.31. The van der Waals surface area contributed by atoms with E-state index in [-0.39, 0.29) is 23.2 Å². The molecule has 8 heteroatoms. The summed E-state index contributed by atoms with van der Waals surface area (Å²) in [5, 5.41) is 10.8. The van der Waals surface area contributed by atoms with E-state index >= 15 is 0 Å². The lowest BCUT2D eigenvalue weighted by atomic mass is 10.2. The van der Waals surface area contributed by atoms with Gasteiger partial charge in [-0.15, -0.1) is 0 Å². The van der Waals surface area contributed by atoms with E-state index in [1.807, 2.05) is 0 Å². The number of nitrogens with zero attached hydrogens (tertiary/aromatic N) is 2. The zero-order valence-corrected chi connectivity index (χ0v) is 12.1. The molecule has 0 aliphatic carbocycles. The van der Waals surface area contributed by atoms with Gasteiger partial charge in [-0.2, -0.15) is 4.31 Å². The Kier molecular flexibility index (Phi) is 4.07. The summed E-state index contributed by atoms with van der Waals surface area (Å²) in [4.78, 5) is 10.2. The number of sulfonamides is 1. The molecule has 0 aromatic heterocycles. The lowest BCUT2D eigenvalue weighted by molar-refractivity contribution is -0.385. The summed E-state index contributed by atoms with van der Waals surface area (Å²) in [5.74, 6) is 0. The van der Waals surface area contributed by atoms with Crippen LogP contribution in [0.4, 0.5) is 5.69 Å². The van der Waals surface area contributed by atoms with Crippen LogP contribution in [0.25, 0.3) is 0 Å². The molecule has 1 fully saturated rings. The largest absolute Gasteiger partial charge is 0.378 e. The molecule has 0 N–H and O–H groups in total. The zero-order chi connectivity index (χ0) is 14.9. The summed E-state index contributed by atoms with van der Waals surface area (Å²) in [6.45, 7) is 4.29. The van der Waals surface area contributed by atoms with Crippen LogP contribution in [0.5, 0.6) is 0 Å². The SMILES string of the molecule is Cc1ccc([N+](=O)[O-])cc1S(=O)(=O)N1CCOC[C@H]1C. The Morgan fingerprint density at radius 1 is 1.45 bits per heavy atom. The molecule has 7 nitrogen and oxygen atoms in total. The van der Waals surface area contributed by atoms with Gasteiger partial charge in [-0.25, -0.2) is 8.42 Å². The fourth-order valence-corrected chi connectivity index (χ4v) is 4.02. The number of ether oxygens (including phenoxy) is 1. The molecule has 1 aliphatic heterocycles. The van der Waals surface area contributed by atoms with Crippen LogP contribution < -0.4 is 0 Å². The molecular weight excluding hydrogens is 284 g/mol. The molecule has 1 saturated heterocycles. The van der Waals surface area contributed by atoms with Crippen LogP contribution in [0.3, 0.4) is 0 Å². The molecular formula is C12H16N2O5S. The smallest absolute Gasteiger partial charge is 0.270 e. The second-order valence-electron chi connectivity index (χ2n) is 4.75. The molecule has 0 bridgehead atoms. The number of hydrogen-bond donors (Lipinski definition) is 0. The highest BCUT2D eigenvalue weighted by Gasteiger charge is 2.33. The molecule has 1 aliphatic rings. The zero-order valence-electron chi connectivity index (χ0n) is 11.3. The van der Waals surface area contributed by atoms with Crippen LogP contribution in [-0.2, 0) is 14.8 Å². The molecule has 2 rings (SSSR count). The molecule has 1 aromatic carbocycles. The average Bonchev–Trinajstić information content (AvgIpc) is 2.39. The molecule has 20 heavy (non-hydrogen) atoms. The lowest BCUT2D eigenvalue weighted by Crippen LogP contribution is -2.47. The van der Waals surface area contributed by atoms with Gasteiger partial charge in [-0.05, 0) is 19.4 Å². The maximum atomic E-state index is 12.6. The number of non-ortho nitro benzene ring substituents is 1. The molecule has 0 radical (unpaired) electrons. The van der Waals surface area contributed by atoms with Crippen molar-refractivity contribution in [3.63, 3.8) is 0 Å². The Morgan fingerprint density at radius 2 is 2.15 bits per heavy atom. The first kappa shape index (κ1) is 14.9. The highest BCUT2D eigenvalue weighted by atomic mass is 32.2. The molecule has 110 valence electrons. The van der Waals surface area contributed by atoms with Gasteiger partial charge in [0.05, 0.1) is 23.0 Å². The summed E-state index contributed by atoms with van der Waals surface area (Å²) in [7, 11) is -3.75. The lowest BCUT2D eigenvalue weighted by Gasteiger charge is -2.32. The van der Waals surface area contributed by atoms with E-state index < -0.39 is 14.9 Å². The van der Waals surface area contributed by atoms with E-state index in [1.54, 1.807) is 13.8 Å². The van der Waals surface area contributed by atoms with Gasteiger partial charge in [-0.1, -0.05) is 6.07 Å². The van der Waals surface area contributed by atoms with Gasteiger partial charge >= 0.3 is 0 Å². The third kappa shape index (κ3) is 2.67. The Balaban J connectivity index is 2.48. The molecule has 1 heterocycles. The second kappa shape index (κ2) is 5.47. The quantitative estimate of drug-likeness (QED) is 0.620. The van der Waals surface area contributed by atoms with Gasteiger partial charge in [0.15, 0.2) is 0 Å². The number of benzene rings is 1. The van der Waals surface area contributed by atoms with Crippen LogP contribution >= 0.6 is 0 Å². The number of aryl methyl sites for hydroxylation is 1. The van der Waals surface area contributed by atoms with Crippen molar-refractivity contribution in [2.45, 2.75) is 24.8 Å². The van der Waals surface area contributed by atoms with Gasteiger partial charge in [0.2, 0.25) is 10.0 Å². The van der Waals surface area contributed by atoms with Crippen LogP contribution in [0, 0.1) is 17.0 Å². The molecule has 0 spiro atoms. The van der Waals surface area contributed by atoms with Gasteiger partial charge in [-0.3, -0.25) is 10.1 Å². The third-order valence-electron chi connectivity index (χ3n) is 3.28. The topological polar surface area (TPSA) is 89.8 Å². The van der Waals surface area contributed by atoms with E-state index in [4.69, 9.17) is 4.74 Å². The minimum absolute atomic E-state index is 0.0135. The van der Waals surface area contributed by atoms with E-state index in [0.29, 0.717) is 18.8 Å². The first-order valence-corrected chi connectivity index (χ1v) is 7.62. The average molecular weight is 300 g/mol. The summed E-state index contributed by atoms with van der Waals surface area (Å²) < 4.78 is 31.8. The van der Waals surface area contributed by atoms with E-state index in [9.17, 15) is 18.5 Å². The van der Waals surface area contributed by atoms with Crippen LogP contribution in [0.1, 0.15) is 12.5 Å². The van der Waals surface area contributed by atoms with Crippen molar-refractivity contribution in [2.24, 2.45) is 0 Å². The first-order valence-electron chi connectivity index (χ1n) is 6.18. The summed E-state index contributed by atoms with van der Waals surface area (Å²) in [6.07, 6.45) is 0. The van der Waals surface area contributed by atoms with Crippen molar-refractivity contribution in [2.75, 3.05) is 19.8 Å². The van der Waals surface area contributed by atoms with Crippen LogP contribution in [-0.4, -0.2) is 43.4 Å². The normalized spacial score (nSPS) is 20.8. The molecule has 0 amide bonds. The van der Waals surface area contributed by atoms with E-state index in [1.165, 1.54) is 16.4 Å². The number of nitro benzene ring substituents is 1. The number of nitro groups is 1. The maximum absolute atomic E-state index is 12.6. The number of morpholine rings is 1. The van der Waals surface area contributed by atoms with Crippen LogP contribution in [0.15, 0.2) is 23.1 Å². The van der Waals surface area contributed by atoms with Gasteiger partial charge in [0.25, 0.3) is 5.69 Å². The van der Waals surface area contributed by atoms with Crippen molar-refractivity contribution in [3.05, 3.63) is 33.9 Å². The van der Waals surface area contributed by atoms with Gasteiger partial charge in [0, 0.05) is 24.7 Å². The van der Waals surface area contributed by atoms with Gasteiger partial charge < -0.3 is 4.74 Å². The fraction of sp³-hybridized carbons (Fsp3) is 0.500. The van der Waals surface area contributed by atoms with Crippen molar-refractivity contribution < 1.29 is 18.1 Å². The molecule has 0 saturated carbocycles. The summed E-state index contributed by atoms with van der Waals surface area (Å²) >= 11 is 0. The third-order valence-corrected chi connectivity index (χ3v) is 5.43. The summed E-state index contributed by atoms with van der Waals surface area (Å²) in [6, 6.07) is 3.59.